The molecule has 0 saturated heterocycles. The Labute approximate surface area is 111 Å². The van der Waals surface area contributed by atoms with E-state index in [1.54, 1.807) is 12.4 Å². The van der Waals surface area contributed by atoms with Crippen molar-refractivity contribution in [1.29, 1.82) is 0 Å². The van der Waals surface area contributed by atoms with Gasteiger partial charge in [0.05, 0.1) is 12.2 Å². The van der Waals surface area contributed by atoms with Gasteiger partial charge in [0.15, 0.2) is 5.69 Å². The number of hydrogen-bond donors (Lipinski definition) is 2. The fourth-order valence-corrected chi connectivity index (χ4v) is 1.86. The van der Waals surface area contributed by atoms with Gasteiger partial charge >= 0.3 is 0 Å². The van der Waals surface area contributed by atoms with Crippen LogP contribution in [0.4, 0.5) is 0 Å². The van der Waals surface area contributed by atoms with E-state index in [0.717, 1.165) is 24.8 Å². The Balaban J connectivity index is 2.08. The Bertz CT molecular complexity index is 497. The molecule has 2 aromatic rings. The van der Waals surface area contributed by atoms with Crippen molar-refractivity contribution in [3.8, 4) is 0 Å². The topological polar surface area (TPSA) is 83.6 Å². The second kappa shape index (κ2) is 6.63. The maximum absolute atomic E-state index is 12.0. The molecule has 2 N–H and O–H groups in total. The van der Waals surface area contributed by atoms with E-state index >= 15 is 0 Å². The minimum absolute atomic E-state index is 0.0437. The van der Waals surface area contributed by atoms with Crippen LogP contribution in [-0.2, 0) is 0 Å². The predicted molar refractivity (Wildman–Crippen MR) is 70.4 cm³/mol. The van der Waals surface area contributed by atoms with Gasteiger partial charge in [-0.15, -0.1) is 0 Å². The van der Waals surface area contributed by atoms with Crippen LogP contribution in [-0.4, -0.2) is 26.3 Å². The van der Waals surface area contributed by atoms with E-state index in [-0.39, 0.29) is 11.9 Å². The summed E-state index contributed by atoms with van der Waals surface area (Å²) >= 11 is 0. The van der Waals surface area contributed by atoms with Gasteiger partial charge < -0.3 is 5.32 Å². The highest BCUT2D eigenvalue weighted by Gasteiger charge is 2.16. The molecule has 0 aromatic carbocycles. The molecule has 0 aliphatic rings. The molecule has 1 atom stereocenters. The fraction of sp³-hybridized carbons (Fsp3) is 0.385. The number of amides is 1. The lowest BCUT2D eigenvalue weighted by atomic mass is 10.0. The molecule has 1 amide bonds. The molecule has 0 radical (unpaired) electrons. The van der Waals surface area contributed by atoms with Crippen molar-refractivity contribution in [2.24, 2.45) is 0 Å². The van der Waals surface area contributed by atoms with Crippen LogP contribution in [0.15, 0.2) is 30.7 Å². The van der Waals surface area contributed by atoms with E-state index in [0.29, 0.717) is 5.69 Å². The quantitative estimate of drug-likeness (QED) is 0.829. The van der Waals surface area contributed by atoms with E-state index < -0.39 is 0 Å². The molecule has 0 fully saturated rings. The van der Waals surface area contributed by atoms with Crippen LogP contribution >= 0.6 is 0 Å². The zero-order valence-corrected chi connectivity index (χ0v) is 10.8. The molecule has 6 nitrogen and oxygen atoms in total. The molecule has 1 unspecified atom stereocenters. The largest absolute Gasteiger partial charge is 0.344 e. The van der Waals surface area contributed by atoms with E-state index in [4.69, 9.17) is 0 Å². The van der Waals surface area contributed by atoms with E-state index in [1.807, 2.05) is 12.1 Å². The third-order valence-electron chi connectivity index (χ3n) is 2.89. The number of nitrogens with one attached hydrogen (secondary N) is 2. The molecule has 19 heavy (non-hydrogen) atoms. The number of aromatic nitrogens is 4. The monoisotopic (exact) mass is 259 g/mol. The molecule has 6 heteroatoms. The molecule has 0 saturated carbocycles. The molecule has 100 valence electrons. The van der Waals surface area contributed by atoms with Gasteiger partial charge in [0.2, 0.25) is 0 Å². The Morgan fingerprint density at radius 1 is 1.47 bits per heavy atom. The number of hydrogen-bond acceptors (Lipinski definition) is 4. The van der Waals surface area contributed by atoms with Gasteiger partial charge in [-0.2, -0.15) is 15.4 Å². The zero-order chi connectivity index (χ0) is 13.5. The number of aromatic amines is 1. The lowest BCUT2D eigenvalue weighted by Gasteiger charge is -2.17. The first kappa shape index (κ1) is 13.2. The second-order valence-electron chi connectivity index (χ2n) is 4.31. The highest BCUT2D eigenvalue weighted by molar-refractivity contribution is 5.92. The van der Waals surface area contributed by atoms with E-state index in [1.165, 1.54) is 6.20 Å². The normalized spacial score (nSPS) is 12.1. The molecule has 0 aliphatic heterocycles. The number of unbranched alkanes of at least 4 members (excludes halogenated alkanes) is 1. The van der Waals surface area contributed by atoms with Crippen molar-refractivity contribution in [2.45, 2.75) is 32.2 Å². The second-order valence-corrected chi connectivity index (χ2v) is 4.31. The van der Waals surface area contributed by atoms with Crippen LogP contribution < -0.4 is 5.32 Å². The number of nitrogens with zero attached hydrogens (tertiary/aromatic N) is 3. The summed E-state index contributed by atoms with van der Waals surface area (Å²) in [4.78, 5) is 16.1. The summed E-state index contributed by atoms with van der Waals surface area (Å²) in [6.07, 6.45) is 7.92. The van der Waals surface area contributed by atoms with E-state index in [2.05, 4.69) is 32.6 Å². The summed E-state index contributed by atoms with van der Waals surface area (Å²) in [5.41, 5.74) is 1.30. The highest BCUT2D eigenvalue weighted by atomic mass is 16.2. The average Bonchev–Trinajstić information content (AvgIpc) is 2.98. The third kappa shape index (κ3) is 3.61. The lowest BCUT2D eigenvalue weighted by molar-refractivity contribution is 0.0929. The first-order valence-electron chi connectivity index (χ1n) is 6.37. The molecular weight excluding hydrogens is 242 g/mol. The van der Waals surface area contributed by atoms with Crippen LogP contribution in [0.5, 0.6) is 0 Å². The lowest BCUT2D eigenvalue weighted by Crippen LogP contribution is -2.29. The maximum atomic E-state index is 12.0. The van der Waals surface area contributed by atoms with Gasteiger partial charge in [0.25, 0.3) is 5.91 Å². The molecule has 2 rings (SSSR count). The van der Waals surface area contributed by atoms with Crippen molar-refractivity contribution in [1.82, 2.24) is 25.7 Å². The van der Waals surface area contributed by atoms with Gasteiger partial charge in [-0.25, -0.2) is 0 Å². The summed E-state index contributed by atoms with van der Waals surface area (Å²) in [6.45, 7) is 2.12. The fourth-order valence-electron chi connectivity index (χ4n) is 1.86. The Hall–Kier alpha value is -2.24. The van der Waals surface area contributed by atoms with Gasteiger partial charge in [-0.05, 0) is 18.1 Å². The minimum atomic E-state index is -0.223. The van der Waals surface area contributed by atoms with Crippen molar-refractivity contribution < 1.29 is 4.79 Å². The smallest absolute Gasteiger partial charge is 0.273 e. The van der Waals surface area contributed by atoms with E-state index in [9.17, 15) is 4.79 Å². The van der Waals surface area contributed by atoms with Crippen LogP contribution in [0.3, 0.4) is 0 Å². The molecule has 0 spiro atoms. The Morgan fingerprint density at radius 2 is 2.37 bits per heavy atom. The summed E-state index contributed by atoms with van der Waals surface area (Å²) in [5.74, 6) is -0.223. The predicted octanol–water partition coefficient (Wildman–Crippen LogP) is 1.86. The summed E-state index contributed by atoms with van der Waals surface area (Å²) < 4.78 is 0. The van der Waals surface area contributed by atoms with Crippen molar-refractivity contribution in [3.05, 3.63) is 42.0 Å². The van der Waals surface area contributed by atoms with Crippen LogP contribution in [0.25, 0.3) is 0 Å². The first-order chi connectivity index (χ1) is 9.31. The minimum Gasteiger partial charge on any atom is -0.344 e. The van der Waals surface area contributed by atoms with Crippen molar-refractivity contribution in [3.63, 3.8) is 0 Å². The molecule has 0 bridgehead atoms. The van der Waals surface area contributed by atoms with Crippen molar-refractivity contribution >= 4 is 5.91 Å². The van der Waals surface area contributed by atoms with Gasteiger partial charge in [0, 0.05) is 12.4 Å². The number of rotatable bonds is 6. The molecule has 2 heterocycles. The van der Waals surface area contributed by atoms with Gasteiger partial charge in [-0.1, -0.05) is 25.8 Å². The van der Waals surface area contributed by atoms with Gasteiger partial charge in [-0.3, -0.25) is 9.78 Å². The average molecular weight is 259 g/mol. The maximum Gasteiger partial charge on any atom is 0.273 e. The van der Waals surface area contributed by atoms with Crippen LogP contribution in [0.1, 0.15) is 48.3 Å². The Morgan fingerprint density at radius 3 is 3.00 bits per heavy atom. The molecule has 0 aliphatic carbocycles. The number of carbonyl (C=O) groups is 1. The standard InChI is InChI=1S/C13H17N5O/c1-2-3-6-11(10-5-4-7-14-8-10)16-13(19)12-9-15-18-17-12/h4-5,7-9,11H,2-3,6H2,1H3,(H,16,19)(H,15,17,18). The molecular formula is C13H17N5O. The summed E-state index contributed by atoms with van der Waals surface area (Å²) in [7, 11) is 0. The summed E-state index contributed by atoms with van der Waals surface area (Å²) in [5, 5.41) is 12.8. The molecule has 2 aromatic heterocycles. The highest BCUT2D eigenvalue weighted by Crippen LogP contribution is 2.18. The number of H-pyrrole nitrogens is 1. The number of pyridine rings is 1. The SMILES string of the molecule is CCCCC(NC(=O)c1cn[nH]n1)c1cccnc1. The first-order valence-corrected chi connectivity index (χ1v) is 6.37. The number of carbonyl (C=O) groups excluding carboxylic acids is 1. The zero-order valence-electron chi connectivity index (χ0n) is 10.8. The third-order valence-corrected chi connectivity index (χ3v) is 2.89. The Kier molecular flexibility index (Phi) is 4.60. The van der Waals surface area contributed by atoms with Crippen molar-refractivity contribution in [2.75, 3.05) is 0 Å². The van der Waals surface area contributed by atoms with Gasteiger partial charge in [0.1, 0.15) is 0 Å². The summed E-state index contributed by atoms with van der Waals surface area (Å²) in [6, 6.07) is 3.80. The van der Waals surface area contributed by atoms with Crippen LogP contribution in [0, 0.1) is 0 Å². The van der Waals surface area contributed by atoms with Crippen LogP contribution in [0.2, 0.25) is 0 Å².